The fraction of sp³-hybridized carbons (Fsp3) is 0.280. The highest BCUT2D eigenvalue weighted by molar-refractivity contribution is 5.59. The molecule has 3 aromatic carbocycles. The number of benzene rings is 3. The molecule has 28 heavy (non-hydrogen) atoms. The first-order valence-corrected chi connectivity index (χ1v) is 9.97. The van der Waals surface area contributed by atoms with Crippen LogP contribution in [0, 0.1) is 0 Å². The van der Waals surface area contributed by atoms with E-state index in [-0.39, 0.29) is 17.2 Å². The Morgan fingerprint density at radius 1 is 0.607 bits per heavy atom. The van der Waals surface area contributed by atoms with Crippen LogP contribution in [-0.4, -0.2) is 15.3 Å². The minimum absolute atomic E-state index is 0.156. The van der Waals surface area contributed by atoms with E-state index in [2.05, 4.69) is 13.8 Å². The average Bonchev–Trinajstić information content (AvgIpc) is 2.67. The number of phenols is 3. The molecule has 0 saturated carbocycles. The number of para-hydroxylation sites is 1. The predicted octanol–water partition coefficient (Wildman–Crippen LogP) is 5.89. The first-order valence-electron chi connectivity index (χ1n) is 9.97. The molecule has 0 heterocycles. The van der Waals surface area contributed by atoms with E-state index < -0.39 is 5.92 Å². The molecule has 3 heteroatoms. The summed E-state index contributed by atoms with van der Waals surface area (Å²) in [5, 5.41) is 32.4. The third-order valence-electron chi connectivity index (χ3n) is 5.21. The average molecular weight is 376 g/mol. The van der Waals surface area contributed by atoms with Gasteiger partial charge in [-0.15, -0.1) is 0 Å². The van der Waals surface area contributed by atoms with E-state index in [1.165, 1.54) is 0 Å². The van der Waals surface area contributed by atoms with Gasteiger partial charge in [0.05, 0.1) is 0 Å². The highest BCUT2D eigenvalue weighted by Crippen LogP contribution is 2.46. The summed E-state index contributed by atoms with van der Waals surface area (Å²) in [7, 11) is 0. The molecular weight excluding hydrogens is 348 g/mol. The van der Waals surface area contributed by atoms with E-state index in [1.54, 1.807) is 24.3 Å². The SMILES string of the molecule is CCCc1cccc(O)c1C(c1ccccc1O)c1c(O)cccc1CCC. The molecule has 0 saturated heterocycles. The van der Waals surface area contributed by atoms with E-state index in [0.29, 0.717) is 5.56 Å². The second-order valence-electron chi connectivity index (χ2n) is 7.19. The van der Waals surface area contributed by atoms with Crippen molar-refractivity contribution in [2.45, 2.75) is 45.4 Å². The van der Waals surface area contributed by atoms with Crippen LogP contribution in [0.1, 0.15) is 60.4 Å². The lowest BCUT2D eigenvalue weighted by Crippen LogP contribution is -2.10. The molecule has 3 rings (SSSR count). The molecule has 3 N–H and O–H groups in total. The zero-order valence-corrected chi connectivity index (χ0v) is 16.5. The Morgan fingerprint density at radius 2 is 1.07 bits per heavy atom. The smallest absolute Gasteiger partial charge is 0.120 e. The lowest BCUT2D eigenvalue weighted by molar-refractivity contribution is 0.449. The van der Waals surface area contributed by atoms with Gasteiger partial charge in [-0.05, 0) is 42.2 Å². The number of hydrogen-bond acceptors (Lipinski definition) is 3. The third-order valence-corrected chi connectivity index (χ3v) is 5.21. The molecule has 0 spiro atoms. The molecule has 0 aromatic heterocycles. The fourth-order valence-electron chi connectivity index (χ4n) is 4.03. The molecule has 146 valence electrons. The van der Waals surface area contributed by atoms with Gasteiger partial charge in [0.15, 0.2) is 0 Å². The lowest BCUT2D eigenvalue weighted by atomic mass is 9.78. The van der Waals surface area contributed by atoms with Gasteiger partial charge in [0.2, 0.25) is 0 Å². The van der Waals surface area contributed by atoms with Crippen molar-refractivity contribution in [3.63, 3.8) is 0 Å². The minimum Gasteiger partial charge on any atom is -0.508 e. The Kier molecular flexibility index (Phi) is 6.25. The van der Waals surface area contributed by atoms with Crippen LogP contribution < -0.4 is 0 Å². The molecule has 0 aliphatic rings. The molecule has 0 unspecified atom stereocenters. The zero-order valence-electron chi connectivity index (χ0n) is 16.5. The van der Waals surface area contributed by atoms with Crippen molar-refractivity contribution in [3.8, 4) is 17.2 Å². The van der Waals surface area contributed by atoms with Gasteiger partial charge in [-0.3, -0.25) is 0 Å². The van der Waals surface area contributed by atoms with E-state index in [9.17, 15) is 15.3 Å². The van der Waals surface area contributed by atoms with Gasteiger partial charge in [0.25, 0.3) is 0 Å². The second-order valence-corrected chi connectivity index (χ2v) is 7.19. The van der Waals surface area contributed by atoms with E-state index >= 15 is 0 Å². The highest BCUT2D eigenvalue weighted by atomic mass is 16.3. The third kappa shape index (κ3) is 3.84. The summed E-state index contributed by atoms with van der Waals surface area (Å²) < 4.78 is 0. The zero-order chi connectivity index (χ0) is 20.1. The quantitative estimate of drug-likeness (QED) is 0.451. The Labute approximate surface area is 166 Å². The summed E-state index contributed by atoms with van der Waals surface area (Å²) >= 11 is 0. The first kappa shape index (κ1) is 19.8. The van der Waals surface area contributed by atoms with Gasteiger partial charge in [0, 0.05) is 22.6 Å². The predicted molar refractivity (Wildman–Crippen MR) is 113 cm³/mol. The van der Waals surface area contributed by atoms with Crippen LogP contribution in [0.3, 0.4) is 0 Å². The van der Waals surface area contributed by atoms with Crippen molar-refractivity contribution in [2.75, 3.05) is 0 Å². The summed E-state index contributed by atoms with van der Waals surface area (Å²) in [4.78, 5) is 0. The number of rotatable bonds is 7. The summed E-state index contributed by atoms with van der Waals surface area (Å²) in [6, 6.07) is 18.3. The van der Waals surface area contributed by atoms with Gasteiger partial charge >= 0.3 is 0 Å². The Hall–Kier alpha value is -2.94. The van der Waals surface area contributed by atoms with Crippen LogP contribution in [-0.2, 0) is 12.8 Å². The minimum atomic E-state index is -0.452. The van der Waals surface area contributed by atoms with Crippen LogP contribution >= 0.6 is 0 Å². The number of phenolic OH excluding ortho intramolecular Hbond substituents is 3. The van der Waals surface area contributed by atoms with Crippen molar-refractivity contribution in [2.24, 2.45) is 0 Å². The maximum absolute atomic E-state index is 10.9. The van der Waals surface area contributed by atoms with Crippen molar-refractivity contribution in [3.05, 3.63) is 88.5 Å². The van der Waals surface area contributed by atoms with Gasteiger partial charge in [0.1, 0.15) is 17.2 Å². The monoisotopic (exact) mass is 376 g/mol. The molecule has 0 amide bonds. The van der Waals surface area contributed by atoms with Gasteiger partial charge < -0.3 is 15.3 Å². The van der Waals surface area contributed by atoms with Crippen LogP contribution in [0.5, 0.6) is 17.2 Å². The molecule has 3 aromatic rings. The molecule has 0 aliphatic heterocycles. The highest BCUT2D eigenvalue weighted by Gasteiger charge is 2.29. The van der Waals surface area contributed by atoms with Crippen LogP contribution in [0.15, 0.2) is 60.7 Å². The Morgan fingerprint density at radius 3 is 1.54 bits per heavy atom. The van der Waals surface area contributed by atoms with Crippen LogP contribution in [0.2, 0.25) is 0 Å². The Balaban J connectivity index is 2.36. The van der Waals surface area contributed by atoms with Gasteiger partial charge in [-0.25, -0.2) is 0 Å². The number of aryl methyl sites for hydroxylation is 2. The normalized spacial score (nSPS) is 11.1. The molecule has 0 bridgehead atoms. The van der Waals surface area contributed by atoms with Crippen molar-refractivity contribution >= 4 is 0 Å². The molecule has 3 nitrogen and oxygen atoms in total. The fourth-order valence-corrected chi connectivity index (χ4v) is 4.03. The maximum Gasteiger partial charge on any atom is 0.120 e. The standard InChI is InChI=1S/C25H28O3/c1-3-9-17-11-7-15-21(27)23(17)25(19-13-5-6-14-20(19)26)24-18(10-4-2)12-8-16-22(24)28/h5-8,11-16,25-28H,3-4,9-10H2,1-2H3. The van der Waals surface area contributed by atoms with Crippen molar-refractivity contribution < 1.29 is 15.3 Å². The van der Waals surface area contributed by atoms with Crippen molar-refractivity contribution in [1.29, 1.82) is 0 Å². The molecule has 0 aliphatic carbocycles. The van der Waals surface area contributed by atoms with Crippen LogP contribution in [0.25, 0.3) is 0 Å². The molecular formula is C25H28O3. The van der Waals surface area contributed by atoms with E-state index in [1.807, 2.05) is 36.4 Å². The first-order chi connectivity index (χ1) is 13.6. The topological polar surface area (TPSA) is 60.7 Å². The molecule has 0 fully saturated rings. The molecule has 0 atom stereocenters. The summed E-state index contributed by atoms with van der Waals surface area (Å²) in [5.41, 5.74) is 4.25. The van der Waals surface area contributed by atoms with Gasteiger partial charge in [-0.2, -0.15) is 0 Å². The lowest BCUT2D eigenvalue weighted by Gasteiger charge is -2.26. The van der Waals surface area contributed by atoms with Crippen LogP contribution in [0.4, 0.5) is 0 Å². The summed E-state index contributed by atoms with van der Waals surface area (Å²) in [6.07, 6.45) is 3.49. The second kappa shape index (κ2) is 8.83. The maximum atomic E-state index is 10.9. The molecule has 0 radical (unpaired) electrons. The van der Waals surface area contributed by atoms with E-state index in [4.69, 9.17) is 0 Å². The summed E-state index contributed by atoms with van der Waals surface area (Å²) in [5.74, 6) is 0.0745. The Bertz CT molecular complexity index is 891. The number of aromatic hydroxyl groups is 3. The van der Waals surface area contributed by atoms with Crippen molar-refractivity contribution in [1.82, 2.24) is 0 Å². The largest absolute Gasteiger partial charge is 0.508 e. The van der Waals surface area contributed by atoms with Gasteiger partial charge in [-0.1, -0.05) is 69.2 Å². The summed E-state index contributed by atoms with van der Waals surface area (Å²) in [6.45, 7) is 4.21. The van der Waals surface area contributed by atoms with E-state index in [0.717, 1.165) is 47.9 Å². The number of hydrogen-bond donors (Lipinski definition) is 3.